The van der Waals surface area contributed by atoms with Crippen LogP contribution in [0.15, 0.2) is 27.1 Å². The van der Waals surface area contributed by atoms with Gasteiger partial charge in [0.05, 0.1) is 5.56 Å². The SMILES string of the molecule is CN1CCCCC1CNC(=O)c1cc(Br)ccc1Br. The zero-order chi connectivity index (χ0) is 13.8. The van der Waals surface area contributed by atoms with Gasteiger partial charge in [-0.1, -0.05) is 22.4 Å². The summed E-state index contributed by atoms with van der Waals surface area (Å²) in [6, 6.07) is 6.09. The molecule has 0 bridgehead atoms. The molecule has 0 aromatic heterocycles. The Morgan fingerprint density at radius 2 is 2.21 bits per heavy atom. The average Bonchev–Trinajstić information content (AvgIpc) is 2.40. The van der Waals surface area contributed by atoms with Crippen LogP contribution in [0.3, 0.4) is 0 Å². The van der Waals surface area contributed by atoms with Crippen LogP contribution in [0, 0.1) is 0 Å². The van der Waals surface area contributed by atoms with Gasteiger partial charge in [-0.05, 0) is 60.6 Å². The van der Waals surface area contributed by atoms with Crippen LogP contribution in [0.4, 0.5) is 0 Å². The molecule has 1 aromatic rings. The van der Waals surface area contributed by atoms with Crippen molar-refractivity contribution in [3.63, 3.8) is 0 Å². The number of likely N-dealkylation sites (tertiary alicyclic amines) is 1. The molecule has 19 heavy (non-hydrogen) atoms. The lowest BCUT2D eigenvalue weighted by Gasteiger charge is -2.32. The molecule has 3 nitrogen and oxygen atoms in total. The fraction of sp³-hybridized carbons (Fsp3) is 0.500. The van der Waals surface area contributed by atoms with Gasteiger partial charge in [-0.25, -0.2) is 0 Å². The van der Waals surface area contributed by atoms with Gasteiger partial charge in [0.1, 0.15) is 0 Å². The van der Waals surface area contributed by atoms with Crippen molar-refractivity contribution in [3.8, 4) is 0 Å². The Morgan fingerprint density at radius 3 is 2.95 bits per heavy atom. The molecular weight excluding hydrogens is 372 g/mol. The quantitative estimate of drug-likeness (QED) is 0.858. The van der Waals surface area contributed by atoms with Crippen molar-refractivity contribution >= 4 is 37.8 Å². The van der Waals surface area contributed by atoms with Crippen LogP contribution in [0.5, 0.6) is 0 Å². The van der Waals surface area contributed by atoms with Crippen LogP contribution in [0.2, 0.25) is 0 Å². The molecule has 0 saturated carbocycles. The number of likely N-dealkylation sites (N-methyl/N-ethyl adjacent to an activating group) is 1. The molecule has 1 atom stereocenters. The lowest BCUT2D eigenvalue weighted by Crippen LogP contribution is -2.44. The maximum atomic E-state index is 12.2. The van der Waals surface area contributed by atoms with Gasteiger partial charge >= 0.3 is 0 Å². The van der Waals surface area contributed by atoms with E-state index in [0.29, 0.717) is 18.2 Å². The number of carbonyl (C=O) groups is 1. The highest BCUT2D eigenvalue weighted by molar-refractivity contribution is 9.11. The molecule has 1 unspecified atom stereocenters. The third kappa shape index (κ3) is 4.04. The van der Waals surface area contributed by atoms with Gasteiger partial charge < -0.3 is 10.2 Å². The number of rotatable bonds is 3. The number of carbonyl (C=O) groups excluding carboxylic acids is 1. The number of nitrogens with one attached hydrogen (secondary N) is 1. The first-order valence-electron chi connectivity index (χ1n) is 6.51. The van der Waals surface area contributed by atoms with E-state index in [0.717, 1.165) is 21.9 Å². The highest BCUT2D eigenvalue weighted by atomic mass is 79.9. The van der Waals surface area contributed by atoms with Crippen LogP contribution < -0.4 is 5.32 Å². The number of nitrogens with zero attached hydrogens (tertiary/aromatic N) is 1. The molecule has 0 spiro atoms. The van der Waals surface area contributed by atoms with E-state index in [4.69, 9.17) is 0 Å². The Kier molecular flexibility index (Phi) is 5.42. The topological polar surface area (TPSA) is 32.3 Å². The molecule has 1 N–H and O–H groups in total. The molecule has 1 aliphatic heterocycles. The van der Waals surface area contributed by atoms with Crippen molar-refractivity contribution in [2.75, 3.05) is 20.1 Å². The third-order valence-corrected chi connectivity index (χ3v) is 4.78. The number of benzene rings is 1. The molecule has 1 aromatic carbocycles. The summed E-state index contributed by atoms with van der Waals surface area (Å²) in [5, 5.41) is 3.04. The smallest absolute Gasteiger partial charge is 0.252 e. The van der Waals surface area contributed by atoms with E-state index in [2.05, 4.69) is 49.1 Å². The Bertz CT molecular complexity index is 465. The van der Waals surface area contributed by atoms with Gasteiger partial charge in [0.2, 0.25) is 0 Å². The van der Waals surface area contributed by atoms with E-state index in [1.54, 1.807) is 0 Å². The van der Waals surface area contributed by atoms with E-state index < -0.39 is 0 Å². The van der Waals surface area contributed by atoms with E-state index in [1.807, 2.05) is 18.2 Å². The van der Waals surface area contributed by atoms with Gasteiger partial charge in [-0.3, -0.25) is 4.79 Å². The van der Waals surface area contributed by atoms with E-state index in [1.165, 1.54) is 12.8 Å². The lowest BCUT2D eigenvalue weighted by molar-refractivity contribution is 0.0927. The first-order chi connectivity index (χ1) is 9.08. The first-order valence-corrected chi connectivity index (χ1v) is 8.10. The van der Waals surface area contributed by atoms with Gasteiger partial charge in [-0.15, -0.1) is 0 Å². The highest BCUT2D eigenvalue weighted by Gasteiger charge is 2.20. The second-order valence-corrected chi connectivity index (χ2v) is 6.73. The van der Waals surface area contributed by atoms with Gasteiger partial charge in [0.25, 0.3) is 5.91 Å². The molecule has 1 fully saturated rings. The van der Waals surface area contributed by atoms with Crippen molar-refractivity contribution in [2.45, 2.75) is 25.3 Å². The number of amides is 1. The Hall–Kier alpha value is -0.390. The first kappa shape index (κ1) is 15.0. The highest BCUT2D eigenvalue weighted by Crippen LogP contribution is 2.21. The standard InChI is InChI=1S/C14H18Br2N2O/c1-18-7-3-2-4-11(18)9-17-14(19)12-8-10(15)5-6-13(12)16/h5-6,8,11H,2-4,7,9H2,1H3,(H,17,19). The number of hydrogen-bond acceptors (Lipinski definition) is 2. The monoisotopic (exact) mass is 388 g/mol. The van der Waals surface area contributed by atoms with Crippen molar-refractivity contribution in [1.29, 1.82) is 0 Å². The normalized spacial score (nSPS) is 20.3. The Balaban J connectivity index is 1.95. The van der Waals surface area contributed by atoms with Crippen molar-refractivity contribution in [3.05, 3.63) is 32.7 Å². The van der Waals surface area contributed by atoms with Crippen molar-refractivity contribution in [2.24, 2.45) is 0 Å². The summed E-state index contributed by atoms with van der Waals surface area (Å²) in [6.07, 6.45) is 3.68. The minimum atomic E-state index is -0.0212. The van der Waals surface area contributed by atoms with Gasteiger partial charge in [-0.2, -0.15) is 0 Å². The number of hydrogen-bond donors (Lipinski definition) is 1. The predicted molar refractivity (Wildman–Crippen MR) is 84.4 cm³/mol. The fourth-order valence-electron chi connectivity index (χ4n) is 2.38. The summed E-state index contributed by atoms with van der Waals surface area (Å²) in [6.45, 7) is 1.84. The molecule has 1 saturated heterocycles. The minimum Gasteiger partial charge on any atom is -0.350 e. The summed E-state index contributed by atoms with van der Waals surface area (Å²) in [7, 11) is 2.13. The summed E-state index contributed by atoms with van der Waals surface area (Å²) < 4.78 is 1.74. The molecule has 1 aliphatic rings. The average molecular weight is 390 g/mol. The second kappa shape index (κ2) is 6.86. The summed E-state index contributed by atoms with van der Waals surface area (Å²) in [4.78, 5) is 14.5. The van der Waals surface area contributed by atoms with Crippen molar-refractivity contribution < 1.29 is 4.79 Å². The molecule has 0 radical (unpaired) electrons. The summed E-state index contributed by atoms with van der Waals surface area (Å²) >= 11 is 6.81. The fourth-order valence-corrected chi connectivity index (χ4v) is 3.17. The molecular formula is C14H18Br2N2O. The summed E-state index contributed by atoms with van der Waals surface area (Å²) in [5.41, 5.74) is 0.674. The number of halogens is 2. The summed E-state index contributed by atoms with van der Waals surface area (Å²) in [5.74, 6) is -0.0212. The molecule has 0 aliphatic carbocycles. The van der Waals surface area contributed by atoms with Gasteiger partial charge in [0, 0.05) is 21.5 Å². The second-order valence-electron chi connectivity index (χ2n) is 4.96. The van der Waals surface area contributed by atoms with Crippen LogP contribution >= 0.6 is 31.9 Å². The van der Waals surface area contributed by atoms with E-state index in [9.17, 15) is 4.79 Å². The minimum absolute atomic E-state index is 0.0212. The molecule has 1 heterocycles. The van der Waals surface area contributed by atoms with Crippen LogP contribution in [-0.2, 0) is 0 Å². The van der Waals surface area contributed by atoms with Crippen LogP contribution in [0.1, 0.15) is 29.6 Å². The molecule has 1 amide bonds. The molecule has 2 rings (SSSR count). The van der Waals surface area contributed by atoms with E-state index >= 15 is 0 Å². The maximum Gasteiger partial charge on any atom is 0.252 e. The third-order valence-electron chi connectivity index (χ3n) is 3.59. The van der Waals surface area contributed by atoms with Crippen molar-refractivity contribution in [1.82, 2.24) is 10.2 Å². The zero-order valence-electron chi connectivity index (χ0n) is 11.0. The number of piperidine rings is 1. The molecule has 5 heteroatoms. The maximum absolute atomic E-state index is 12.2. The van der Waals surface area contributed by atoms with Crippen LogP contribution in [-0.4, -0.2) is 37.0 Å². The zero-order valence-corrected chi connectivity index (χ0v) is 14.1. The molecule has 104 valence electrons. The van der Waals surface area contributed by atoms with Gasteiger partial charge in [0.15, 0.2) is 0 Å². The predicted octanol–water partition coefficient (Wildman–Crippen LogP) is 3.43. The lowest BCUT2D eigenvalue weighted by atomic mass is 10.0. The Labute approximate surface area is 131 Å². The largest absolute Gasteiger partial charge is 0.350 e. The van der Waals surface area contributed by atoms with E-state index in [-0.39, 0.29) is 5.91 Å². The van der Waals surface area contributed by atoms with Crippen LogP contribution in [0.25, 0.3) is 0 Å². The Morgan fingerprint density at radius 1 is 1.42 bits per heavy atom.